The van der Waals surface area contributed by atoms with Crippen LogP contribution in [0, 0.1) is 0 Å². The first-order valence-corrected chi connectivity index (χ1v) is 3.31. The summed E-state index contributed by atoms with van der Waals surface area (Å²) in [5.74, 6) is 0. The molecule has 1 aliphatic heterocycles. The van der Waals surface area contributed by atoms with Gasteiger partial charge in [0.05, 0.1) is 12.2 Å². The van der Waals surface area contributed by atoms with Gasteiger partial charge in [-0.25, -0.2) is 0 Å². The summed E-state index contributed by atoms with van der Waals surface area (Å²) in [7, 11) is 0. The fraction of sp³-hybridized carbons (Fsp3) is 1.00. The van der Waals surface area contributed by atoms with Crippen LogP contribution in [0.3, 0.4) is 0 Å². The van der Waals surface area contributed by atoms with Crippen molar-refractivity contribution in [2.75, 3.05) is 0 Å². The number of hydrogen-bond donors (Lipinski definition) is 3. The Morgan fingerprint density at radius 2 is 2.10 bits per heavy atom. The molecule has 1 rings (SSSR count). The summed E-state index contributed by atoms with van der Waals surface area (Å²) in [6.07, 6.45) is -2.83. The van der Waals surface area contributed by atoms with Crippen LogP contribution in [0.15, 0.2) is 0 Å². The third-order valence-corrected chi connectivity index (χ3v) is 1.61. The van der Waals surface area contributed by atoms with Gasteiger partial charge in [0.25, 0.3) is 0 Å². The number of rotatable bonds is 1. The second-order valence-electron chi connectivity index (χ2n) is 2.60. The molecule has 0 aromatic rings. The molecule has 0 aromatic heterocycles. The summed E-state index contributed by atoms with van der Waals surface area (Å²) >= 11 is 0. The molecule has 0 aromatic carbocycles. The SMILES string of the molecule is C[C@@H](O)[C@@H]1O[C@H](O)C[C@@H]1O. The van der Waals surface area contributed by atoms with Gasteiger partial charge in [-0.3, -0.25) is 0 Å². The maximum absolute atomic E-state index is 9.08. The van der Waals surface area contributed by atoms with Crippen molar-refractivity contribution in [3.63, 3.8) is 0 Å². The van der Waals surface area contributed by atoms with Crippen LogP contribution in [-0.2, 0) is 4.74 Å². The highest BCUT2D eigenvalue weighted by Gasteiger charge is 2.35. The molecule has 0 aliphatic carbocycles. The average molecular weight is 148 g/mol. The Balaban J connectivity index is 2.46. The molecule has 4 atom stereocenters. The Hall–Kier alpha value is -0.160. The normalized spacial score (nSPS) is 43.8. The zero-order valence-electron chi connectivity index (χ0n) is 5.77. The Bertz CT molecular complexity index is 114. The molecule has 1 saturated heterocycles. The van der Waals surface area contributed by atoms with Crippen LogP contribution in [0.4, 0.5) is 0 Å². The lowest BCUT2D eigenvalue weighted by atomic mass is 10.1. The minimum absolute atomic E-state index is 0.190. The molecule has 0 unspecified atom stereocenters. The molecule has 1 aliphatic rings. The van der Waals surface area contributed by atoms with Crippen molar-refractivity contribution >= 4 is 0 Å². The van der Waals surface area contributed by atoms with Crippen LogP contribution in [0.2, 0.25) is 0 Å². The van der Waals surface area contributed by atoms with E-state index in [1.54, 1.807) is 0 Å². The minimum Gasteiger partial charge on any atom is -0.391 e. The van der Waals surface area contributed by atoms with E-state index in [0.29, 0.717) is 0 Å². The van der Waals surface area contributed by atoms with Crippen molar-refractivity contribution in [3.8, 4) is 0 Å². The van der Waals surface area contributed by atoms with Gasteiger partial charge in [0.2, 0.25) is 0 Å². The smallest absolute Gasteiger partial charge is 0.157 e. The van der Waals surface area contributed by atoms with Gasteiger partial charge in [-0.2, -0.15) is 0 Å². The Morgan fingerprint density at radius 3 is 2.30 bits per heavy atom. The highest BCUT2D eigenvalue weighted by Crippen LogP contribution is 2.20. The van der Waals surface area contributed by atoms with Gasteiger partial charge in [0, 0.05) is 6.42 Å². The van der Waals surface area contributed by atoms with E-state index in [0.717, 1.165) is 0 Å². The standard InChI is InChI=1S/C6H12O4/c1-3(7)6-4(8)2-5(9)10-6/h3-9H,2H2,1H3/t3-,4+,5+,6+/m1/s1. The summed E-state index contributed by atoms with van der Waals surface area (Å²) in [6, 6.07) is 0. The van der Waals surface area contributed by atoms with E-state index in [1.165, 1.54) is 6.92 Å². The predicted molar refractivity (Wildman–Crippen MR) is 33.2 cm³/mol. The van der Waals surface area contributed by atoms with Gasteiger partial charge in [0.1, 0.15) is 6.10 Å². The Labute approximate surface area is 59.1 Å². The molecule has 0 amide bonds. The van der Waals surface area contributed by atoms with E-state index in [4.69, 9.17) is 20.1 Å². The first-order valence-electron chi connectivity index (χ1n) is 3.31. The summed E-state index contributed by atoms with van der Waals surface area (Å²) in [5, 5.41) is 26.9. The quantitative estimate of drug-likeness (QED) is 0.438. The van der Waals surface area contributed by atoms with E-state index < -0.39 is 24.6 Å². The van der Waals surface area contributed by atoms with Crippen molar-refractivity contribution < 1.29 is 20.1 Å². The fourth-order valence-electron chi connectivity index (χ4n) is 1.10. The molecule has 0 radical (unpaired) electrons. The van der Waals surface area contributed by atoms with Gasteiger partial charge >= 0.3 is 0 Å². The second-order valence-corrected chi connectivity index (χ2v) is 2.60. The van der Waals surface area contributed by atoms with Gasteiger partial charge in [0.15, 0.2) is 6.29 Å². The third kappa shape index (κ3) is 1.46. The van der Waals surface area contributed by atoms with E-state index in [-0.39, 0.29) is 6.42 Å². The van der Waals surface area contributed by atoms with E-state index >= 15 is 0 Å². The van der Waals surface area contributed by atoms with Crippen LogP contribution >= 0.6 is 0 Å². The number of aliphatic hydroxyl groups is 3. The molecule has 3 N–H and O–H groups in total. The molecule has 1 heterocycles. The molecule has 60 valence electrons. The second kappa shape index (κ2) is 2.84. The average Bonchev–Trinajstić information content (AvgIpc) is 2.10. The lowest BCUT2D eigenvalue weighted by Gasteiger charge is -2.15. The molecule has 1 fully saturated rings. The topological polar surface area (TPSA) is 69.9 Å². The zero-order valence-corrected chi connectivity index (χ0v) is 5.77. The maximum Gasteiger partial charge on any atom is 0.157 e. The molecule has 0 saturated carbocycles. The highest BCUT2D eigenvalue weighted by atomic mass is 16.6. The fourth-order valence-corrected chi connectivity index (χ4v) is 1.10. The monoisotopic (exact) mass is 148 g/mol. The van der Waals surface area contributed by atoms with Gasteiger partial charge in [-0.1, -0.05) is 0 Å². The zero-order chi connectivity index (χ0) is 7.72. The van der Waals surface area contributed by atoms with Crippen LogP contribution in [0.1, 0.15) is 13.3 Å². The Kier molecular flexibility index (Phi) is 2.25. The maximum atomic E-state index is 9.08. The van der Waals surface area contributed by atoms with Crippen LogP contribution < -0.4 is 0 Å². The number of hydrogen-bond acceptors (Lipinski definition) is 4. The summed E-state index contributed by atoms with van der Waals surface area (Å²) in [5.41, 5.74) is 0. The molecular formula is C6H12O4. The lowest BCUT2D eigenvalue weighted by Crippen LogP contribution is -2.32. The van der Waals surface area contributed by atoms with Crippen molar-refractivity contribution in [3.05, 3.63) is 0 Å². The van der Waals surface area contributed by atoms with Crippen molar-refractivity contribution in [1.29, 1.82) is 0 Å². The summed E-state index contributed by atoms with van der Waals surface area (Å²) < 4.78 is 4.79. The summed E-state index contributed by atoms with van der Waals surface area (Å²) in [4.78, 5) is 0. The van der Waals surface area contributed by atoms with Crippen LogP contribution in [0.25, 0.3) is 0 Å². The summed E-state index contributed by atoms with van der Waals surface area (Å²) in [6.45, 7) is 1.52. The van der Waals surface area contributed by atoms with Gasteiger partial charge in [-0.15, -0.1) is 0 Å². The van der Waals surface area contributed by atoms with E-state index in [1.807, 2.05) is 0 Å². The number of ether oxygens (including phenoxy) is 1. The Morgan fingerprint density at radius 1 is 1.50 bits per heavy atom. The molecule has 4 nitrogen and oxygen atoms in total. The third-order valence-electron chi connectivity index (χ3n) is 1.61. The first-order chi connectivity index (χ1) is 4.61. The van der Waals surface area contributed by atoms with Crippen LogP contribution in [-0.4, -0.2) is 39.9 Å². The minimum atomic E-state index is -0.922. The molecule has 4 heteroatoms. The first kappa shape index (κ1) is 7.94. The lowest BCUT2D eigenvalue weighted by molar-refractivity contribution is -0.125. The van der Waals surface area contributed by atoms with Crippen molar-refractivity contribution in [2.24, 2.45) is 0 Å². The predicted octanol–water partition coefficient (Wildman–Crippen LogP) is -1.16. The number of aliphatic hydroxyl groups excluding tert-OH is 3. The van der Waals surface area contributed by atoms with Crippen molar-refractivity contribution in [1.82, 2.24) is 0 Å². The molecule has 0 bridgehead atoms. The molecule has 0 spiro atoms. The molecular weight excluding hydrogens is 136 g/mol. The largest absolute Gasteiger partial charge is 0.391 e. The highest BCUT2D eigenvalue weighted by molar-refractivity contribution is 4.80. The van der Waals surface area contributed by atoms with E-state index in [2.05, 4.69) is 0 Å². The van der Waals surface area contributed by atoms with E-state index in [9.17, 15) is 0 Å². The van der Waals surface area contributed by atoms with Gasteiger partial charge < -0.3 is 20.1 Å². The van der Waals surface area contributed by atoms with Gasteiger partial charge in [-0.05, 0) is 6.92 Å². The van der Waals surface area contributed by atoms with Crippen molar-refractivity contribution in [2.45, 2.75) is 37.9 Å². The molecule has 10 heavy (non-hydrogen) atoms. The van der Waals surface area contributed by atoms with Crippen LogP contribution in [0.5, 0.6) is 0 Å².